The zero-order chi connectivity index (χ0) is 15.3. The normalized spacial score (nSPS) is 14.9. The number of ether oxygens (including phenoxy) is 1. The number of carbonyl (C=O) groups is 1. The summed E-state index contributed by atoms with van der Waals surface area (Å²) in [6.07, 6.45) is 2.89. The topological polar surface area (TPSA) is 38.7 Å². The van der Waals surface area contributed by atoms with Crippen molar-refractivity contribution >= 4 is 12.2 Å². The lowest BCUT2D eigenvalue weighted by molar-refractivity contribution is -0.128. The van der Waals surface area contributed by atoms with E-state index in [1.165, 1.54) is 0 Å². The minimum Gasteiger partial charge on any atom is -0.468 e. The lowest BCUT2D eigenvalue weighted by atomic mass is 10.0. The van der Waals surface area contributed by atoms with E-state index in [4.69, 9.17) is 9.73 Å². The first kappa shape index (κ1) is 14.5. The molecule has 22 heavy (non-hydrogen) atoms. The zero-order valence-electron chi connectivity index (χ0n) is 12.4. The summed E-state index contributed by atoms with van der Waals surface area (Å²) < 4.78 is 4.85. The molecular formula is C19H19NO2. The van der Waals surface area contributed by atoms with Crippen LogP contribution in [0.5, 0.6) is 0 Å². The van der Waals surface area contributed by atoms with Gasteiger partial charge in [0.05, 0.1) is 17.9 Å². The quantitative estimate of drug-likeness (QED) is 0.444. The van der Waals surface area contributed by atoms with Gasteiger partial charge < -0.3 is 4.74 Å². The summed E-state index contributed by atoms with van der Waals surface area (Å²) in [4.78, 5) is 15.4. The lowest BCUT2D eigenvalue weighted by Crippen LogP contribution is -2.14. The fraction of sp³-hybridized carbons (Fsp3) is 0.263. The van der Waals surface area contributed by atoms with Gasteiger partial charge in [0, 0.05) is 17.5 Å². The Morgan fingerprint density at radius 3 is 2.00 bits per heavy atom. The molecule has 1 aliphatic rings. The van der Waals surface area contributed by atoms with Crippen LogP contribution >= 0.6 is 0 Å². The van der Waals surface area contributed by atoms with E-state index in [2.05, 4.69) is 24.3 Å². The van der Waals surface area contributed by atoms with Crippen LogP contribution in [0.15, 0.2) is 65.7 Å². The van der Waals surface area contributed by atoms with Crippen LogP contribution in [0.4, 0.5) is 0 Å². The highest BCUT2D eigenvalue weighted by atomic mass is 16.5. The summed E-state index contributed by atoms with van der Waals surface area (Å²) in [5.74, 6) is 0. The summed E-state index contributed by atoms with van der Waals surface area (Å²) in [7, 11) is 0. The maximum Gasteiger partial charge on any atom is 0.293 e. The van der Waals surface area contributed by atoms with Crippen molar-refractivity contribution < 1.29 is 9.53 Å². The molecule has 1 fully saturated rings. The molecular weight excluding hydrogens is 274 g/mol. The van der Waals surface area contributed by atoms with Gasteiger partial charge in [0.25, 0.3) is 6.47 Å². The highest BCUT2D eigenvalue weighted by Gasteiger charge is 2.42. The Hall–Kier alpha value is -2.42. The maximum atomic E-state index is 10.3. The Labute approximate surface area is 130 Å². The molecule has 3 heteroatoms. The van der Waals surface area contributed by atoms with Crippen molar-refractivity contribution in [2.45, 2.75) is 24.8 Å². The predicted molar refractivity (Wildman–Crippen MR) is 87.1 cm³/mol. The summed E-state index contributed by atoms with van der Waals surface area (Å²) in [5.41, 5.74) is 3.20. The van der Waals surface area contributed by atoms with E-state index in [1.54, 1.807) is 0 Å². The maximum absolute atomic E-state index is 10.3. The summed E-state index contributed by atoms with van der Waals surface area (Å²) in [5, 5.41) is 0. The SMILES string of the molecule is O=COCCC1(N=C(c2ccccc2)c2ccccc2)CC1. The van der Waals surface area contributed by atoms with Crippen LogP contribution < -0.4 is 0 Å². The summed E-state index contributed by atoms with van der Waals surface area (Å²) in [6, 6.07) is 20.5. The molecule has 0 radical (unpaired) electrons. The molecule has 2 aromatic rings. The molecule has 0 N–H and O–H groups in total. The molecule has 0 saturated heterocycles. The number of nitrogens with zero attached hydrogens (tertiary/aromatic N) is 1. The molecule has 0 heterocycles. The molecule has 3 rings (SSSR count). The monoisotopic (exact) mass is 293 g/mol. The smallest absolute Gasteiger partial charge is 0.293 e. The van der Waals surface area contributed by atoms with Gasteiger partial charge in [0.15, 0.2) is 0 Å². The molecule has 3 nitrogen and oxygen atoms in total. The number of hydrogen-bond donors (Lipinski definition) is 0. The number of carbonyl (C=O) groups excluding carboxylic acids is 1. The van der Waals surface area contributed by atoms with Crippen LogP contribution in [-0.4, -0.2) is 24.3 Å². The highest BCUT2D eigenvalue weighted by Crippen LogP contribution is 2.43. The number of benzene rings is 2. The van der Waals surface area contributed by atoms with E-state index in [0.29, 0.717) is 13.1 Å². The Morgan fingerprint density at radius 1 is 1.00 bits per heavy atom. The van der Waals surface area contributed by atoms with Crippen LogP contribution in [0.1, 0.15) is 30.4 Å². The number of aliphatic imine (C=N–C) groups is 1. The van der Waals surface area contributed by atoms with Crippen LogP contribution in [0.2, 0.25) is 0 Å². The van der Waals surface area contributed by atoms with Crippen molar-refractivity contribution in [1.29, 1.82) is 0 Å². The van der Waals surface area contributed by atoms with Gasteiger partial charge in [-0.15, -0.1) is 0 Å². The molecule has 0 spiro atoms. The molecule has 0 atom stereocenters. The van der Waals surface area contributed by atoms with Gasteiger partial charge in [0.1, 0.15) is 0 Å². The second kappa shape index (κ2) is 6.56. The third-order valence-corrected chi connectivity index (χ3v) is 4.02. The van der Waals surface area contributed by atoms with Crippen molar-refractivity contribution in [2.75, 3.05) is 6.61 Å². The van der Waals surface area contributed by atoms with Gasteiger partial charge in [-0.05, 0) is 12.8 Å². The third kappa shape index (κ3) is 3.42. The van der Waals surface area contributed by atoms with Crippen LogP contribution in [0, 0.1) is 0 Å². The van der Waals surface area contributed by atoms with Crippen molar-refractivity contribution in [2.24, 2.45) is 4.99 Å². The highest BCUT2D eigenvalue weighted by molar-refractivity contribution is 6.13. The molecule has 112 valence electrons. The van der Waals surface area contributed by atoms with Crippen molar-refractivity contribution in [3.05, 3.63) is 71.8 Å². The average molecular weight is 293 g/mol. The zero-order valence-corrected chi connectivity index (χ0v) is 12.4. The fourth-order valence-electron chi connectivity index (χ4n) is 2.58. The Morgan fingerprint density at radius 2 is 1.55 bits per heavy atom. The molecule has 0 bridgehead atoms. The summed E-state index contributed by atoms with van der Waals surface area (Å²) >= 11 is 0. The number of hydrogen-bond acceptors (Lipinski definition) is 3. The lowest BCUT2D eigenvalue weighted by Gasteiger charge is -2.14. The number of rotatable bonds is 7. The third-order valence-electron chi connectivity index (χ3n) is 4.02. The minimum atomic E-state index is -0.0655. The summed E-state index contributed by atoms with van der Waals surface area (Å²) in [6.45, 7) is 0.943. The van der Waals surface area contributed by atoms with Crippen LogP contribution in [0.3, 0.4) is 0 Å². The van der Waals surface area contributed by atoms with E-state index in [1.807, 2.05) is 36.4 Å². The molecule has 0 aromatic heterocycles. The van der Waals surface area contributed by atoms with Crippen molar-refractivity contribution in [3.8, 4) is 0 Å². The van der Waals surface area contributed by atoms with E-state index in [-0.39, 0.29) is 5.54 Å². The first-order chi connectivity index (χ1) is 10.8. The van der Waals surface area contributed by atoms with Gasteiger partial charge in [-0.25, -0.2) is 0 Å². The van der Waals surface area contributed by atoms with Gasteiger partial charge in [0.2, 0.25) is 0 Å². The standard InChI is InChI=1S/C19H19NO2/c21-15-22-14-13-19(11-12-19)20-18(16-7-3-1-4-8-16)17-9-5-2-6-10-17/h1-10,15H,11-14H2. The molecule has 0 amide bonds. The minimum absolute atomic E-state index is 0.0655. The van der Waals surface area contributed by atoms with Crippen molar-refractivity contribution in [3.63, 3.8) is 0 Å². The van der Waals surface area contributed by atoms with E-state index in [0.717, 1.165) is 36.1 Å². The molecule has 1 saturated carbocycles. The molecule has 2 aromatic carbocycles. The van der Waals surface area contributed by atoms with Gasteiger partial charge in [-0.1, -0.05) is 60.7 Å². The second-order valence-electron chi connectivity index (χ2n) is 5.63. The van der Waals surface area contributed by atoms with Gasteiger partial charge in [-0.3, -0.25) is 9.79 Å². The second-order valence-corrected chi connectivity index (χ2v) is 5.63. The van der Waals surface area contributed by atoms with E-state index in [9.17, 15) is 4.79 Å². The van der Waals surface area contributed by atoms with E-state index >= 15 is 0 Å². The van der Waals surface area contributed by atoms with Crippen LogP contribution in [0.25, 0.3) is 0 Å². The Balaban J connectivity index is 1.92. The fourth-order valence-corrected chi connectivity index (χ4v) is 2.58. The molecule has 1 aliphatic carbocycles. The largest absolute Gasteiger partial charge is 0.468 e. The van der Waals surface area contributed by atoms with Crippen LogP contribution in [-0.2, 0) is 9.53 Å². The van der Waals surface area contributed by atoms with Crippen molar-refractivity contribution in [1.82, 2.24) is 0 Å². The first-order valence-electron chi connectivity index (χ1n) is 7.59. The Kier molecular flexibility index (Phi) is 4.33. The molecule has 0 aliphatic heterocycles. The average Bonchev–Trinajstić information content (AvgIpc) is 3.35. The first-order valence-corrected chi connectivity index (χ1v) is 7.59. The van der Waals surface area contributed by atoms with Gasteiger partial charge >= 0.3 is 0 Å². The Bertz CT molecular complexity index is 604. The van der Waals surface area contributed by atoms with Gasteiger partial charge in [-0.2, -0.15) is 0 Å². The van der Waals surface area contributed by atoms with E-state index < -0.39 is 0 Å². The molecule has 0 unspecified atom stereocenters. The predicted octanol–water partition coefficient (Wildman–Crippen LogP) is 3.62.